The van der Waals surface area contributed by atoms with E-state index in [-0.39, 0.29) is 5.02 Å². The van der Waals surface area contributed by atoms with Crippen LogP contribution in [0, 0.1) is 11.7 Å². The van der Waals surface area contributed by atoms with E-state index in [9.17, 15) is 14.0 Å². The summed E-state index contributed by atoms with van der Waals surface area (Å²) in [5.74, 6) is -0.952. The molecule has 0 fully saturated rings. The van der Waals surface area contributed by atoms with Crippen LogP contribution in [0.2, 0.25) is 5.02 Å². The lowest BCUT2D eigenvalue weighted by atomic mass is 9.90. The van der Waals surface area contributed by atoms with Crippen molar-refractivity contribution in [3.8, 4) is 0 Å². The largest absolute Gasteiger partial charge is 0.451 e. The molecule has 132 valence electrons. The Morgan fingerprint density at radius 2 is 2.20 bits per heavy atom. The summed E-state index contributed by atoms with van der Waals surface area (Å²) in [4.78, 5) is 25.8. The van der Waals surface area contributed by atoms with Crippen LogP contribution in [0.1, 0.15) is 33.5 Å². The summed E-state index contributed by atoms with van der Waals surface area (Å²) < 4.78 is 18.2. The highest BCUT2D eigenvalue weighted by molar-refractivity contribution is 7.14. The second-order valence-corrected chi connectivity index (χ2v) is 7.70. The van der Waals surface area contributed by atoms with Gasteiger partial charge < -0.3 is 10.1 Å². The Morgan fingerprint density at radius 3 is 2.96 bits per heavy atom. The third-order valence-corrected chi connectivity index (χ3v) is 5.57. The minimum absolute atomic E-state index is 0.0896. The zero-order chi connectivity index (χ0) is 18.0. The van der Waals surface area contributed by atoms with Gasteiger partial charge in [-0.2, -0.15) is 0 Å². The van der Waals surface area contributed by atoms with Crippen LogP contribution in [-0.4, -0.2) is 18.5 Å². The molecule has 1 amide bonds. The molecule has 1 aromatic heterocycles. The van der Waals surface area contributed by atoms with Gasteiger partial charge in [0.2, 0.25) is 0 Å². The first kappa shape index (κ1) is 17.9. The van der Waals surface area contributed by atoms with E-state index in [2.05, 4.69) is 12.2 Å². The Kier molecular flexibility index (Phi) is 5.39. The molecule has 25 heavy (non-hydrogen) atoms. The van der Waals surface area contributed by atoms with Crippen LogP contribution in [0.5, 0.6) is 0 Å². The van der Waals surface area contributed by atoms with Crippen molar-refractivity contribution in [2.45, 2.75) is 26.2 Å². The Hall–Kier alpha value is -1.92. The number of amides is 1. The molecule has 4 nitrogen and oxygen atoms in total. The smallest absolute Gasteiger partial charge is 0.348 e. The van der Waals surface area contributed by atoms with E-state index in [1.807, 2.05) is 6.07 Å². The number of nitrogens with one attached hydrogen (secondary N) is 1. The number of fused-ring (bicyclic) bond motifs is 1. The fraction of sp³-hybridized carbons (Fsp3) is 0.333. The fourth-order valence-corrected chi connectivity index (χ4v) is 4.06. The SMILES string of the molecule is C[C@H]1CCc2sc(C(=O)OCC(=O)Nc3ccc(F)c(Cl)c3)cc2C1. The van der Waals surface area contributed by atoms with Crippen LogP contribution < -0.4 is 5.32 Å². The number of anilines is 1. The number of esters is 1. The van der Waals surface area contributed by atoms with Crippen LogP contribution in [0.15, 0.2) is 24.3 Å². The van der Waals surface area contributed by atoms with Crippen LogP contribution in [-0.2, 0) is 22.4 Å². The first-order valence-corrected chi connectivity index (χ1v) is 9.15. The number of hydrogen-bond donors (Lipinski definition) is 1. The van der Waals surface area contributed by atoms with E-state index in [1.54, 1.807) is 0 Å². The Morgan fingerprint density at radius 1 is 1.40 bits per heavy atom. The number of aryl methyl sites for hydroxylation is 1. The highest BCUT2D eigenvalue weighted by atomic mass is 35.5. The van der Waals surface area contributed by atoms with Gasteiger partial charge in [0.25, 0.3) is 5.91 Å². The van der Waals surface area contributed by atoms with E-state index in [0.29, 0.717) is 16.5 Å². The first-order valence-electron chi connectivity index (χ1n) is 7.96. The van der Waals surface area contributed by atoms with Crippen molar-refractivity contribution >= 4 is 40.5 Å². The summed E-state index contributed by atoms with van der Waals surface area (Å²) in [5.41, 5.74) is 1.55. The molecule has 1 aliphatic rings. The fourth-order valence-electron chi connectivity index (χ4n) is 2.78. The van der Waals surface area contributed by atoms with Crippen molar-refractivity contribution in [3.05, 3.63) is 50.4 Å². The van der Waals surface area contributed by atoms with Crippen molar-refractivity contribution in [1.29, 1.82) is 0 Å². The van der Waals surface area contributed by atoms with Crippen molar-refractivity contribution in [2.75, 3.05) is 11.9 Å². The zero-order valence-electron chi connectivity index (χ0n) is 13.6. The average molecular weight is 382 g/mol. The topological polar surface area (TPSA) is 55.4 Å². The third kappa shape index (κ3) is 4.38. The van der Waals surface area contributed by atoms with Gasteiger partial charge in [-0.25, -0.2) is 9.18 Å². The molecule has 0 saturated carbocycles. The summed E-state index contributed by atoms with van der Waals surface area (Å²) >= 11 is 7.09. The van der Waals surface area contributed by atoms with Crippen LogP contribution >= 0.6 is 22.9 Å². The van der Waals surface area contributed by atoms with Gasteiger partial charge in [0, 0.05) is 10.6 Å². The molecule has 0 unspecified atom stereocenters. The van der Waals surface area contributed by atoms with Crippen molar-refractivity contribution < 1.29 is 18.7 Å². The van der Waals surface area contributed by atoms with E-state index in [1.165, 1.54) is 33.9 Å². The molecular formula is C18H17ClFNO3S. The lowest BCUT2D eigenvalue weighted by Crippen LogP contribution is -2.20. The van der Waals surface area contributed by atoms with Crippen LogP contribution in [0.4, 0.5) is 10.1 Å². The first-order chi connectivity index (χ1) is 11.9. The molecule has 1 atom stereocenters. The number of thiophene rings is 1. The number of carbonyl (C=O) groups excluding carboxylic acids is 2. The van der Waals surface area contributed by atoms with Crippen LogP contribution in [0.3, 0.4) is 0 Å². The number of benzene rings is 1. The maximum absolute atomic E-state index is 13.1. The second-order valence-electron chi connectivity index (χ2n) is 6.16. The molecule has 3 rings (SSSR count). The Labute approximate surface area is 153 Å². The molecule has 0 radical (unpaired) electrons. The lowest BCUT2D eigenvalue weighted by molar-refractivity contribution is -0.119. The van der Waals surface area contributed by atoms with Gasteiger partial charge in [-0.1, -0.05) is 18.5 Å². The second kappa shape index (κ2) is 7.54. The number of hydrogen-bond acceptors (Lipinski definition) is 4. The van der Waals surface area contributed by atoms with E-state index in [0.717, 1.165) is 25.3 Å². The molecule has 0 bridgehead atoms. The number of carbonyl (C=O) groups is 2. The summed E-state index contributed by atoms with van der Waals surface area (Å²) in [6.07, 6.45) is 3.09. The maximum Gasteiger partial charge on any atom is 0.348 e. The summed E-state index contributed by atoms with van der Waals surface area (Å²) in [7, 11) is 0. The van der Waals surface area contributed by atoms with Gasteiger partial charge in [0.05, 0.1) is 5.02 Å². The number of halogens is 2. The van der Waals surface area contributed by atoms with E-state index >= 15 is 0 Å². The molecule has 0 saturated heterocycles. The summed E-state index contributed by atoms with van der Waals surface area (Å²) in [5, 5.41) is 2.42. The Balaban J connectivity index is 1.55. The molecule has 0 aliphatic heterocycles. The van der Waals surface area contributed by atoms with Gasteiger partial charge in [-0.3, -0.25) is 4.79 Å². The normalized spacial score (nSPS) is 16.2. The molecule has 1 N–H and O–H groups in total. The zero-order valence-corrected chi connectivity index (χ0v) is 15.2. The molecule has 1 aliphatic carbocycles. The minimum Gasteiger partial charge on any atom is -0.451 e. The number of rotatable bonds is 4. The van der Waals surface area contributed by atoms with Gasteiger partial charge in [-0.05, 0) is 55.0 Å². The average Bonchev–Trinajstić information content (AvgIpc) is 2.99. The molecule has 0 spiro atoms. The van der Waals surface area contributed by atoms with Crippen molar-refractivity contribution in [3.63, 3.8) is 0 Å². The molecular weight excluding hydrogens is 365 g/mol. The molecule has 1 aromatic carbocycles. The number of ether oxygens (including phenoxy) is 1. The van der Waals surface area contributed by atoms with Gasteiger partial charge in [-0.15, -0.1) is 11.3 Å². The van der Waals surface area contributed by atoms with Crippen molar-refractivity contribution in [2.24, 2.45) is 5.92 Å². The predicted molar refractivity (Wildman–Crippen MR) is 95.8 cm³/mol. The molecule has 7 heteroatoms. The molecule has 2 aromatic rings. The van der Waals surface area contributed by atoms with Gasteiger partial charge >= 0.3 is 5.97 Å². The molecule has 1 heterocycles. The van der Waals surface area contributed by atoms with Crippen LogP contribution in [0.25, 0.3) is 0 Å². The van der Waals surface area contributed by atoms with Gasteiger partial charge in [0.15, 0.2) is 6.61 Å². The summed E-state index contributed by atoms with van der Waals surface area (Å²) in [6, 6.07) is 5.71. The standard InChI is InChI=1S/C18H17ClFNO3S/c1-10-2-5-15-11(6-10)7-16(25-15)18(23)24-9-17(22)21-12-3-4-14(20)13(19)8-12/h3-4,7-8,10H,2,5-6,9H2,1H3,(H,21,22)/t10-/m0/s1. The van der Waals surface area contributed by atoms with E-state index < -0.39 is 24.3 Å². The monoisotopic (exact) mass is 381 g/mol. The highest BCUT2D eigenvalue weighted by Crippen LogP contribution is 2.32. The maximum atomic E-state index is 13.1. The summed E-state index contributed by atoms with van der Waals surface area (Å²) in [6.45, 7) is 1.79. The van der Waals surface area contributed by atoms with E-state index in [4.69, 9.17) is 16.3 Å². The van der Waals surface area contributed by atoms with Gasteiger partial charge in [0.1, 0.15) is 10.7 Å². The lowest BCUT2D eigenvalue weighted by Gasteiger charge is -2.16. The minimum atomic E-state index is -0.568. The Bertz CT molecular complexity index is 821. The quantitative estimate of drug-likeness (QED) is 0.795. The highest BCUT2D eigenvalue weighted by Gasteiger charge is 2.21. The van der Waals surface area contributed by atoms with Crippen molar-refractivity contribution in [1.82, 2.24) is 0 Å². The predicted octanol–water partition coefficient (Wildman–Crippen LogP) is 4.46. The third-order valence-electron chi connectivity index (χ3n) is 4.07.